The van der Waals surface area contributed by atoms with E-state index in [1.165, 1.54) is 0 Å². The predicted octanol–water partition coefficient (Wildman–Crippen LogP) is 0.381. The first kappa shape index (κ1) is 9.32. The van der Waals surface area contributed by atoms with Crippen LogP contribution in [0.1, 0.15) is 19.8 Å². The van der Waals surface area contributed by atoms with E-state index >= 15 is 0 Å². The van der Waals surface area contributed by atoms with Gasteiger partial charge in [0.15, 0.2) is 5.96 Å². The molecule has 0 saturated carbocycles. The molecule has 4 heteroatoms. The summed E-state index contributed by atoms with van der Waals surface area (Å²) in [5, 5.41) is 7.26. The molecule has 1 unspecified atom stereocenters. The second-order valence-electron chi connectivity index (χ2n) is 3.05. The van der Waals surface area contributed by atoms with E-state index in [0.29, 0.717) is 0 Å². The molecular formula is C8H17N3O. The molecule has 1 fully saturated rings. The van der Waals surface area contributed by atoms with Gasteiger partial charge in [-0.15, -0.1) is 0 Å². The highest BCUT2D eigenvalue weighted by molar-refractivity contribution is 5.74. The molecule has 0 radical (unpaired) electrons. The largest absolute Gasteiger partial charge is 0.377 e. The molecule has 70 valence electrons. The smallest absolute Gasteiger partial charge is 0.188 e. The summed E-state index contributed by atoms with van der Waals surface area (Å²) in [4.78, 5) is 1.86. The minimum absolute atomic E-state index is 0.166. The van der Waals surface area contributed by atoms with Crippen LogP contribution in [0.2, 0.25) is 0 Å². The van der Waals surface area contributed by atoms with Crippen LogP contribution >= 0.6 is 0 Å². The number of guanidine groups is 1. The van der Waals surface area contributed by atoms with E-state index in [-0.39, 0.29) is 12.1 Å². The third-order valence-electron chi connectivity index (χ3n) is 2.12. The van der Waals surface area contributed by atoms with Crippen LogP contribution < -0.4 is 5.73 Å². The van der Waals surface area contributed by atoms with E-state index in [1.807, 2.05) is 11.8 Å². The summed E-state index contributed by atoms with van der Waals surface area (Å²) in [6, 6.07) is 0. The minimum Gasteiger partial charge on any atom is -0.377 e. The molecule has 0 bridgehead atoms. The standard InChI is InChI=1S/C8H17N3O/c1-2-12-7-4-3-5-11(6-7)8(9)10/h7H,2-6H2,1H3,(H3,9,10). The number of hydrogen-bond acceptors (Lipinski definition) is 2. The van der Waals surface area contributed by atoms with Gasteiger partial charge in [-0.05, 0) is 19.8 Å². The van der Waals surface area contributed by atoms with E-state index in [1.54, 1.807) is 0 Å². The van der Waals surface area contributed by atoms with Crippen molar-refractivity contribution in [3.05, 3.63) is 0 Å². The Kier molecular flexibility index (Phi) is 3.34. The van der Waals surface area contributed by atoms with Gasteiger partial charge in [-0.1, -0.05) is 0 Å². The van der Waals surface area contributed by atoms with Gasteiger partial charge in [-0.2, -0.15) is 0 Å². The molecule has 4 nitrogen and oxygen atoms in total. The molecule has 1 atom stereocenters. The highest BCUT2D eigenvalue weighted by Gasteiger charge is 2.20. The number of nitrogens with one attached hydrogen (secondary N) is 1. The Morgan fingerprint density at radius 2 is 2.50 bits per heavy atom. The topological polar surface area (TPSA) is 62.3 Å². The lowest BCUT2D eigenvalue weighted by Crippen LogP contribution is -2.46. The Bertz CT molecular complexity index is 158. The van der Waals surface area contributed by atoms with Gasteiger partial charge in [-0.3, -0.25) is 5.41 Å². The van der Waals surface area contributed by atoms with E-state index in [0.717, 1.165) is 32.5 Å². The van der Waals surface area contributed by atoms with Crippen molar-refractivity contribution in [2.24, 2.45) is 5.73 Å². The maximum atomic E-state index is 7.26. The Morgan fingerprint density at radius 3 is 3.08 bits per heavy atom. The Morgan fingerprint density at radius 1 is 1.75 bits per heavy atom. The monoisotopic (exact) mass is 171 g/mol. The van der Waals surface area contributed by atoms with Crippen LogP contribution in [0.25, 0.3) is 0 Å². The summed E-state index contributed by atoms with van der Waals surface area (Å²) >= 11 is 0. The molecule has 1 rings (SSSR count). The zero-order valence-corrected chi connectivity index (χ0v) is 7.55. The lowest BCUT2D eigenvalue weighted by Gasteiger charge is -2.32. The van der Waals surface area contributed by atoms with E-state index in [9.17, 15) is 0 Å². The van der Waals surface area contributed by atoms with Crippen LogP contribution in [-0.2, 0) is 4.74 Å². The molecule has 0 aromatic heterocycles. The quantitative estimate of drug-likeness (QED) is 0.466. The second-order valence-corrected chi connectivity index (χ2v) is 3.05. The molecular weight excluding hydrogens is 154 g/mol. The number of rotatable bonds is 2. The van der Waals surface area contributed by atoms with Gasteiger partial charge >= 0.3 is 0 Å². The van der Waals surface area contributed by atoms with Gasteiger partial charge in [0.2, 0.25) is 0 Å². The van der Waals surface area contributed by atoms with Crippen LogP contribution in [-0.4, -0.2) is 36.7 Å². The maximum absolute atomic E-state index is 7.26. The van der Waals surface area contributed by atoms with Gasteiger partial charge in [0.1, 0.15) is 0 Å². The van der Waals surface area contributed by atoms with Crippen molar-refractivity contribution in [2.45, 2.75) is 25.9 Å². The second kappa shape index (κ2) is 4.30. The zero-order valence-electron chi connectivity index (χ0n) is 7.55. The van der Waals surface area contributed by atoms with Crippen LogP contribution in [0.5, 0.6) is 0 Å². The predicted molar refractivity (Wildman–Crippen MR) is 48.1 cm³/mol. The SMILES string of the molecule is CCOC1CCCN(C(=N)N)C1. The fourth-order valence-electron chi connectivity index (χ4n) is 1.53. The van der Waals surface area contributed by atoms with Crippen molar-refractivity contribution in [1.82, 2.24) is 4.90 Å². The average Bonchev–Trinajstić information content (AvgIpc) is 2.05. The summed E-state index contributed by atoms with van der Waals surface area (Å²) in [7, 11) is 0. The first-order valence-corrected chi connectivity index (χ1v) is 4.44. The van der Waals surface area contributed by atoms with Gasteiger partial charge in [0.05, 0.1) is 6.10 Å². The molecule has 1 aliphatic rings. The molecule has 1 heterocycles. The zero-order chi connectivity index (χ0) is 8.97. The molecule has 0 aliphatic carbocycles. The molecule has 12 heavy (non-hydrogen) atoms. The van der Waals surface area contributed by atoms with Crippen molar-refractivity contribution in [2.75, 3.05) is 19.7 Å². The van der Waals surface area contributed by atoms with E-state index in [4.69, 9.17) is 15.9 Å². The number of nitrogens with two attached hydrogens (primary N) is 1. The van der Waals surface area contributed by atoms with Crippen molar-refractivity contribution in [3.63, 3.8) is 0 Å². The van der Waals surface area contributed by atoms with Crippen molar-refractivity contribution >= 4 is 5.96 Å². The van der Waals surface area contributed by atoms with Crippen molar-refractivity contribution in [1.29, 1.82) is 5.41 Å². The number of likely N-dealkylation sites (tertiary alicyclic amines) is 1. The van der Waals surface area contributed by atoms with Gasteiger partial charge in [0, 0.05) is 19.7 Å². The molecule has 0 amide bonds. The maximum Gasteiger partial charge on any atom is 0.188 e. The van der Waals surface area contributed by atoms with Crippen molar-refractivity contribution < 1.29 is 4.74 Å². The highest BCUT2D eigenvalue weighted by Crippen LogP contribution is 2.12. The average molecular weight is 171 g/mol. The normalized spacial score (nSPS) is 24.1. The Hall–Kier alpha value is -0.770. The van der Waals surface area contributed by atoms with E-state index < -0.39 is 0 Å². The van der Waals surface area contributed by atoms with Crippen LogP contribution in [0.15, 0.2) is 0 Å². The van der Waals surface area contributed by atoms with Crippen LogP contribution in [0.4, 0.5) is 0 Å². The summed E-state index contributed by atoms with van der Waals surface area (Å²) in [5.74, 6) is 0.166. The Labute approximate surface area is 73.2 Å². The van der Waals surface area contributed by atoms with Gasteiger partial charge in [-0.25, -0.2) is 0 Å². The third kappa shape index (κ3) is 2.37. The summed E-state index contributed by atoms with van der Waals surface area (Å²) in [6.07, 6.45) is 2.44. The third-order valence-corrected chi connectivity index (χ3v) is 2.12. The van der Waals surface area contributed by atoms with E-state index in [2.05, 4.69) is 0 Å². The lowest BCUT2D eigenvalue weighted by molar-refractivity contribution is 0.0231. The number of piperidine rings is 1. The lowest BCUT2D eigenvalue weighted by atomic mass is 10.1. The Balaban J connectivity index is 2.35. The van der Waals surface area contributed by atoms with Crippen molar-refractivity contribution in [3.8, 4) is 0 Å². The molecule has 0 aromatic rings. The fourth-order valence-corrected chi connectivity index (χ4v) is 1.53. The first-order chi connectivity index (χ1) is 5.74. The highest BCUT2D eigenvalue weighted by atomic mass is 16.5. The molecule has 0 spiro atoms. The summed E-state index contributed by atoms with van der Waals surface area (Å²) in [5.41, 5.74) is 5.38. The van der Waals surface area contributed by atoms with Crippen LogP contribution in [0, 0.1) is 5.41 Å². The molecule has 1 aliphatic heterocycles. The van der Waals surface area contributed by atoms with Gasteiger partial charge in [0.25, 0.3) is 0 Å². The number of ether oxygens (including phenoxy) is 1. The molecule has 3 N–H and O–H groups in total. The molecule has 1 saturated heterocycles. The molecule has 0 aromatic carbocycles. The number of hydrogen-bond donors (Lipinski definition) is 2. The van der Waals surface area contributed by atoms with Gasteiger partial charge < -0.3 is 15.4 Å². The number of nitrogens with zero attached hydrogens (tertiary/aromatic N) is 1. The fraction of sp³-hybridized carbons (Fsp3) is 0.875. The van der Waals surface area contributed by atoms with Crippen LogP contribution in [0.3, 0.4) is 0 Å². The minimum atomic E-state index is 0.166. The first-order valence-electron chi connectivity index (χ1n) is 4.44. The summed E-state index contributed by atoms with van der Waals surface area (Å²) < 4.78 is 5.47. The summed E-state index contributed by atoms with van der Waals surface area (Å²) in [6.45, 7) is 4.42.